The Bertz CT molecular complexity index is 457. The van der Waals surface area contributed by atoms with Gasteiger partial charge in [0.2, 0.25) is 0 Å². The van der Waals surface area contributed by atoms with E-state index in [-0.39, 0.29) is 11.2 Å². The number of rotatable bonds is 2. The minimum atomic E-state index is -3.90. The van der Waals surface area contributed by atoms with Gasteiger partial charge in [0.25, 0.3) is 15.2 Å². The Morgan fingerprint density at radius 1 is 1.33 bits per heavy atom. The molecule has 0 amide bonds. The molecule has 0 saturated carbocycles. The Morgan fingerprint density at radius 2 is 1.87 bits per heavy atom. The lowest BCUT2D eigenvalue weighted by Crippen LogP contribution is -2.29. The molecule has 7 nitrogen and oxygen atoms in total. The van der Waals surface area contributed by atoms with E-state index >= 15 is 0 Å². The first-order chi connectivity index (χ1) is 6.68. The molecule has 0 unspecified atom stereocenters. The molecule has 0 aliphatic carbocycles. The lowest BCUT2D eigenvalue weighted by molar-refractivity contribution is 0.282. The van der Waals surface area contributed by atoms with Gasteiger partial charge in [-0.15, -0.1) is 5.10 Å². The standard InChI is InChI=1S/C7H14N4O3S/c1-7(2,3)11-5(14-4)9-10-6(11)15(8,12)13/h1-4H3,(H2,8,12,13). The molecule has 0 spiro atoms. The van der Waals surface area contributed by atoms with Crippen molar-refractivity contribution in [2.24, 2.45) is 5.14 Å². The first-order valence-corrected chi connectivity index (χ1v) is 5.75. The quantitative estimate of drug-likeness (QED) is 0.756. The molecule has 2 N–H and O–H groups in total. The maximum absolute atomic E-state index is 11.2. The summed E-state index contributed by atoms with van der Waals surface area (Å²) in [7, 11) is -2.51. The van der Waals surface area contributed by atoms with Crippen molar-refractivity contribution in [1.29, 1.82) is 0 Å². The molecule has 0 aromatic carbocycles. The maximum atomic E-state index is 11.2. The molecule has 86 valence electrons. The monoisotopic (exact) mass is 234 g/mol. The number of hydrogen-bond donors (Lipinski definition) is 1. The molecule has 0 radical (unpaired) electrons. The summed E-state index contributed by atoms with van der Waals surface area (Å²) >= 11 is 0. The first kappa shape index (κ1) is 11.9. The van der Waals surface area contributed by atoms with Gasteiger partial charge in [0.1, 0.15) is 0 Å². The molecule has 1 rings (SSSR count). The highest BCUT2D eigenvalue weighted by Gasteiger charge is 2.29. The van der Waals surface area contributed by atoms with Crippen LogP contribution in [-0.2, 0) is 15.6 Å². The van der Waals surface area contributed by atoms with Crippen LogP contribution in [0.5, 0.6) is 6.01 Å². The van der Waals surface area contributed by atoms with Crippen LogP contribution in [0.3, 0.4) is 0 Å². The van der Waals surface area contributed by atoms with Crippen LogP contribution in [0, 0.1) is 0 Å². The van der Waals surface area contributed by atoms with E-state index < -0.39 is 15.6 Å². The second-order valence-electron chi connectivity index (χ2n) is 4.02. The third kappa shape index (κ3) is 2.26. The van der Waals surface area contributed by atoms with Crippen LogP contribution in [0.2, 0.25) is 0 Å². The molecule has 0 bridgehead atoms. The van der Waals surface area contributed by atoms with Crippen LogP contribution in [0.25, 0.3) is 0 Å². The van der Waals surface area contributed by atoms with Crippen molar-refractivity contribution in [2.45, 2.75) is 31.5 Å². The summed E-state index contributed by atoms with van der Waals surface area (Å²) in [6, 6.07) is 0.117. The van der Waals surface area contributed by atoms with E-state index in [1.165, 1.54) is 11.7 Å². The van der Waals surface area contributed by atoms with Crippen LogP contribution in [0.1, 0.15) is 20.8 Å². The second-order valence-corrected chi connectivity index (χ2v) is 5.48. The Labute approximate surface area is 88.3 Å². The van der Waals surface area contributed by atoms with E-state index in [9.17, 15) is 8.42 Å². The summed E-state index contributed by atoms with van der Waals surface area (Å²) < 4.78 is 28.7. The van der Waals surface area contributed by atoms with Gasteiger partial charge in [-0.3, -0.25) is 4.57 Å². The summed E-state index contributed by atoms with van der Waals surface area (Å²) in [6.45, 7) is 5.40. The Morgan fingerprint density at radius 3 is 2.20 bits per heavy atom. The number of hydrogen-bond acceptors (Lipinski definition) is 5. The van der Waals surface area contributed by atoms with E-state index in [2.05, 4.69) is 10.2 Å². The first-order valence-electron chi connectivity index (χ1n) is 4.20. The van der Waals surface area contributed by atoms with E-state index in [1.54, 1.807) is 20.8 Å². The lowest BCUT2D eigenvalue weighted by atomic mass is 10.1. The Kier molecular flexibility index (Phi) is 2.75. The number of aromatic nitrogens is 3. The van der Waals surface area contributed by atoms with Gasteiger partial charge in [0.15, 0.2) is 0 Å². The van der Waals surface area contributed by atoms with Gasteiger partial charge in [0.05, 0.1) is 7.11 Å². The van der Waals surface area contributed by atoms with Crippen LogP contribution in [0.4, 0.5) is 0 Å². The molecule has 1 heterocycles. The van der Waals surface area contributed by atoms with Crippen LogP contribution < -0.4 is 9.88 Å². The lowest BCUT2D eigenvalue weighted by Gasteiger charge is -2.22. The van der Waals surface area contributed by atoms with Gasteiger partial charge < -0.3 is 4.74 Å². The zero-order valence-corrected chi connectivity index (χ0v) is 9.87. The van der Waals surface area contributed by atoms with Gasteiger partial charge in [-0.2, -0.15) is 0 Å². The summed E-state index contributed by atoms with van der Waals surface area (Å²) in [5.41, 5.74) is -0.531. The molecule has 0 aliphatic heterocycles. The molecule has 0 atom stereocenters. The number of sulfonamides is 1. The largest absolute Gasteiger partial charge is 0.467 e. The number of primary sulfonamides is 1. The molecule has 1 aromatic rings. The van der Waals surface area contributed by atoms with E-state index in [1.807, 2.05) is 0 Å². The predicted molar refractivity (Wildman–Crippen MR) is 52.9 cm³/mol. The van der Waals surface area contributed by atoms with Crippen molar-refractivity contribution in [3.8, 4) is 6.01 Å². The number of nitrogens with zero attached hydrogens (tertiary/aromatic N) is 3. The highest BCUT2D eigenvalue weighted by atomic mass is 32.2. The van der Waals surface area contributed by atoms with Gasteiger partial charge in [-0.1, -0.05) is 5.10 Å². The van der Waals surface area contributed by atoms with Crippen molar-refractivity contribution in [3.05, 3.63) is 0 Å². The molecular weight excluding hydrogens is 220 g/mol. The topological polar surface area (TPSA) is 100 Å². The van der Waals surface area contributed by atoms with Gasteiger partial charge in [0, 0.05) is 5.54 Å². The molecule has 0 fully saturated rings. The molecule has 8 heteroatoms. The van der Waals surface area contributed by atoms with E-state index in [0.717, 1.165) is 0 Å². The molecule has 0 aliphatic rings. The fourth-order valence-corrected chi connectivity index (χ4v) is 1.91. The highest BCUT2D eigenvalue weighted by molar-refractivity contribution is 7.89. The third-order valence-corrected chi connectivity index (χ3v) is 2.48. The molecule has 0 saturated heterocycles. The predicted octanol–water partition coefficient (Wildman–Crippen LogP) is -0.311. The highest BCUT2D eigenvalue weighted by Crippen LogP contribution is 2.24. The van der Waals surface area contributed by atoms with Crippen molar-refractivity contribution in [3.63, 3.8) is 0 Å². The average molecular weight is 234 g/mol. The van der Waals surface area contributed by atoms with Crippen molar-refractivity contribution in [2.75, 3.05) is 7.11 Å². The third-order valence-electron chi connectivity index (χ3n) is 1.71. The minimum absolute atomic E-state index is 0.117. The fraction of sp³-hybridized carbons (Fsp3) is 0.714. The van der Waals surface area contributed by atoms with Crippen LogP contribution in [-0.4, -0.2) is 30.3 Å². The Hall–Kier alpha value is -1.15. The normalized spacial score (nSPS) is 12.9. The maximum Gasteiger partial charge on any atom is 0.318 e. The smallest absolute Gasteiger partial charge is 0.318 e. The van der Waals surface area contributed by atoms with E-state index in [0.29, 0.717) is 0 Å². The van der Waals surface area contributed by atoms with Gasteiger partial charge >= 0.3 is 6.01 Å². The molecule has 1 aromatic heterocycles. The molecular formula is C7H14N4O3S. The number of methoxy groups -OCH3 is 1. The summed E-state index contributed by atoms with van der Waals surface area (Å²) in [5.74, 6) is 0. The zero-order chi connectivity index (χ0) is 11.9. The van der Waals surface area contributed by atoms with Crippen molar-refractivity contribution >= 4 is 10.0 Å². The minimum Gasteiger partial charge on any atom is -0.467 e. The zero-order valence-electron chi connectivity index (χ0n) is 9.05. The molecule has 15 heavy (non-hydrogen) atoms. The SMILES string of the molecule is COc1nnc(S(N)(=O)=O)n1C(C)(C)C. The van der Waals surface area contributed by atoms with Gasteiger partial charge in [-0.25, -0.2) is 13.6 Å². The fourth-order valence-electron chi connectivity index (χ4n) is 1.15. The summed E-state index contributed by atoms with van der Waals surface area (Å²) in [6.07, 6.45) is 0. The number of nitrogens with two attached hydrogens (primary N) is 1. The summed E-state index contributed by atoms with van der Waals surface area (Å²) in [5, 5.41) is 11.8. The average Bonchev–Trinajstić information content (AvgIpc) is 2.44. The number of ether oxygens (including phenoxy) is 1. The van der Waals surface area contributed by atoms with Gasteiger partial charge in [-0.05, 0) is 20.8 Å². The van der Waals surface area contributed by atoms with Crippen molar-refractivity contribution in [1.82, 2.24) is 14.8 Å². The van der Waals surface area contributed by atoms with Crippen LogP contribution in [0.15, 0.2) is 5.16 Å². The van der Waals surface area contributed by atoms with Crippen LogP contribution >= 0.6 is 0 Å². The van der Waals surface area contributed by atoms with E-state index in [4.69, 9.17) is 9.88 Å². The Balaban J connectivity index is 3.51. The van der Waals surface area contributed by atoms with Crippen molar-refractivity contribution < 1.29 is 13.2 Å². The summed E-state index contributed by atoms with van der Waals surface area (Å²) in [4.78, 5) is 0. The second kappa shape index (κ2) is 3.46.